The highest BCUT2D eigenvalue weighted by Gasteiger charge is 2.10. The van der Waals surface area contributed by atoms with Crippen LogP contribution in [0.1, 0.15) is 0 Å². The summed E-state index contributed by atoms with van der Waals surface area (Å²) < 4.78 is 19.3. The lowest BCUT2D eigenvalue weighted by Gasteiger charge is -2.10. The standard InChI is InChI=1S/C15H10ClFN2O/c16-9-7-12(17)15(19-8-9)20-14-6-5-13(18)10-3-1-2-4-11(10)14/h1-8H,18H2. The Morgan fingerprint density at radius 1 is 1.10 bits per heavy atom. The van der Waals surface area contributed by atoms with Crippen molar-refractivity contribution in [2.24, 2.45) is 0 Å². The fourth-order valence-electron chi connectivity index (χ4n) is 1.97. The Bertz CT molecular complexity index is 792. The second-order valence-electron chi connectivity index (χ2n) is 4.24. The molecule has 0 fully saturated rings. The van der Waals surface area contributed by atoms with Crippen molar-refractivity contribution in [3.05, 3.63) is 59.5 Å². The highest BCUT2D eigenvalue weighted by molar-refractivity contribution is 6.30. The zero-order chi connectivity index (χ0) is 14.1. The molecule has 2 N–H and O–H groups in total. The Kier molecular flexibility index (Phi) is 3.16. The van der Waals surface area contributed by atoms with Crippen molar-refractivity contribution >= 4 is 28.1 Å². The van der Waals surface area contributed by atoms with Crippen molar-refractivity contribution < 1.29 is 9.13 Å². The van der Waals surface area contributed by atoms with Gasteiger partial charge in [-0.1, -0.05) is 35.9 Å². The molecule has 0 aliphatic heterocycles. The lowest BCUT2D eigenvalue weighted by atomic mass is 10.1. The first-order valence-corrected chi connectivity index (χ1v) is 6.29. The monoisotopic (exact) mass is 288 g/mol. The first kappa shape index (κ1) is 12.7. The van der Waals surface area contributed by atoms with Crippen molar-refractivity contribution in [1.29, 1.82) is 0 Å². The van der Waals surface area contributed by atoms with Gasteiger partial charge in [-0.15, -0.1) is 0 Å². The number of fused-ring (bicyclic) bond motifs is 1. The van der Waals surface area contributed by atoms with Crippen molar-refractivity contribution in [3.8, 4) is 11.6 Å². The number of ether oxygens (including phenoxy) is 1. The van der Waals surface area contributed by atoms with Crippen LogP contribution in [0.3, 0.4) is 0 Å². The van der Waals surface area contributed by atoms with Crippen LogP contribution in [0.5, 0.6) is 11.6 Å². The molecule has 3 rings (SSSR count). The molecule has 0 unspecified atom stereocenters. The molecular formula is C15H10ClFN2O. The molecule has 3 aromatic rings. The number of nitrogens with zero attached hydrogens (tertiary/aromatic N) is 1. The molecule has 0 spiro atoms. The first-order valence-electron chi connectivity index (χ1n) is 5.91. The smallest absolute Gasteiger partial charge is 0.255 e. The van der Waals surface area contributed by atoms with Gasteiger partial charge in [0.25, 0.3) is 5.88 Å². The highest BCUT2D eigenvalue weighted by Crippen LogP contribution is 2.33. The van der Waals surface area contributed by atoms with Gasteiger partial charge in [0.1, 0.15) is 5.75 Å². The van der Waals surface area contributed by atoms with Crippen LogP contribution in [0.4, 0.5) is 10.1 Å². The average Bonchev–Trinajstić information content (AvgIpc) is 2.45. The van der Waals surface area contributed by atoms with E-state index in [1.807, 2.05) is 24.3 Å². The van der Waals surface area contributed by atoms with E-state index in [2.05, 4.69) is 4.98 Å². The van der Waals surface area contributed by atoms with Gasteiger partial charge in [0.2, 0.25) is 0 Å². The minimum absolute atomic E-state index is 0.121. The minimum Gasteiger partial charge on any atom is -0.436 e. The lowest BCUT2D eigenvalue weighted by molar-refractivity contribution is 0.427. The number of rotatable bonds is 2. The van der Waals surface area contributed by atoms with Gasteiger partial charge in [0.05, 0.1) is 5.02 Å². The molecule has 3 nitrogen and oxygen atoms in total. The summed E-state index contributed by atoms with van der Waals surface area (Å²) in [6.45, 7) is 0. The minimum atomic E-state index is -0.613. The zero-order valence-corrected chi connectivity index (χ0v) is 11.1. The molecule has 5 heteroatoms. The van der Waals surface area contributed by atoms with Gasteiger partial charge in [-0.05, 0) is 18.2 Å². The first-order chi connectivity index (χ1) is 9.65. The summed E-state index contributed by atoms with van der Waals surface area (Å²) in [6, 6.07) is 12.0. The maximum Gasteiger partial charge on any atom is 0.255 e. The van der Waals surface area contributed by atoms with Crippen LogP contribution < -0.4 is 10.5 Å². The number of pyridine rings is 1. The van der Waals surface area contributed by atoms with Crippen LogP contribution in [0, 0.1) is 5.82 Å². The Labute approximate surface area is 119 Å². The molecule has 0 saturated heterocycles. The van der Waals surface area contributed by atoms with Crippen molar-refractivity contribution in [2.75, 3.05) is 5.73 Å². The Balaban J connectivity index is 2.09. The summed E-state index contributed by atoms with van der Waals surface area (Å²) in [6.07, 6.45) is 1.33. The van der Waals surface area contributed by atoms with Gasteiger partial charge in [0.15, 0.2) is 5.82 Å². The van der Waals surface area contributed by atoms with E-state index in [0.717, 1.165) is 16.8 Å². The van der Waals surface area contributed by atoms with Crippen molar-refractivity contribution in [2.45, 2.75) is 0 Å². The van der Waals surface area contributed by atoms with E-state index >= 15 is 0 Å². The zero-order valence-electron chi connectivity index (χ0n) is 10.3. The maximum absolute atomic E-state index is 13.7. The molecule has 20 heavy (non-hydrogen) atoms. The molecule has 0 amide bonds. The number of nitrogens with two attached hydrogens (primary N) is 1. The summed E-state index contributed by atoms with van der Waals surface area (Å²) in [5.74, 6) is -0.244. The lowest BCUT2D eigenvalue weighted by Crippen LogP contribution is -1.94. The molecule has 100 valence electrons. The number of anilines is 1. The molecule has 0 aliphatic carbocycles. The number of nitrogen functional groups attached to an aromatic ring is 1. The Morgan fingerprint density at radius 2 is 1.85 bits per heavy atom. The van der Waals surface area contributed by atoms with Gasteiger partial charge in [0, 0.05) is 22.7 Å². The van der Waals surface area contributed by atoms with Crippen LogP contribution in [-0.2, 0) is 0 Å². The predicted octanol–water partition coefficient (Wildman–Crippen LogP) is 4.40. The molecule has 2 aromatic carbocycles. The summed E-state index contributed by atoms with van der Waals surface area (Å²) in [7, 11) is 0. The van der Waals surface area contributed by atoms with Crippen LogP contribution in [0.25, 0.3) is 10.8 Å². The predicted molar refractivity (Wildman–Crippen MR) is 77.6 cm³/mol. The van der Waals surface area contributed by atoms with E-state index in [0.29, 0.717) is 11.4 Å². The van der Waals surface area contributed by atoms with Crippen molar-refractivity contribution in [1.82, 2.24) is 4.98 Å². The fourth-order valence-corrected chi connectivity index (χ4v) is 2.11. The SMILES string of the molecule is Nc1ccc(Oc2ncc(Cl)cc2F)c2ccccc12. The third-order valence-corrected chi connectivity index (χ3v) is 3.11. The average molecular weight is 289 g/mol. The van der Waals surface area contributed by atoms with Gasteiger partial charge in [-0.2, -0.15) is 0 Å². The van der Waals surface area contributed by atoms with Crippen LogP contribution in [0.2, 0.25) is 5.02 Å². The van der Waals surface area contributed by atoms with Gasteiger partial charge in [-0.3, -0.25) is 0 Å². The molecule has 0 atom stereocenters. The normalized spacial score (nSPS) is 10.7. The summed E-state index contributed by atoms with van der Waals surface area (Å²) >= 11 is 5.66. The largest absolute Gasteiger partial charge is 0.436 e. The Morgan fingerprint density at radius 3 is 2.60 bits per heavy atom. The van der Waals surface area contributed by atoms with E-state index in [4.69, 9.17) is 22.1 Å². The topological polar surface area (TPSA) is 48.1 Å². The number of hydrogen-bond acceptors (Lipinski definition) is 3. The Hall–Kier alpha value is -2.33. The number of aromatic nitrogens is 1. The highest BCUT2D eigenvalue weighted by atomic mass is 35.5. The second-order valence-corrected chi connectivity index (χ2v) is 4.68. The second kappa shape index (κ2) is 4.98. The molecule has 1 aromatic heterocycles. The van der Waals surface area contributed by atoms with E-state index in [-0.39, 0.29) is 10.9 Å². The number of benzene rings is 2. The molecule has 1 heterocycles. The summed E-state index contributed by atoms with van der Waals surface area (Å²) in [4.78, 5) is 3.84. The number of hydrogen-bond donors (Lipinski definition) is 1. The van der Waals surface area contributed by atoms with Crippen molar-refractivity contribution in [3.63, 3.8) is 0 Å². The van der Waals surface area contributed by atoms with Gasteiger partial charge >= 0.3 is 0 Å². The summed E-state index contributed by atoms with van der Waals surface area (Å²) in [5, 5.41) is 1.86. The summed E-state index contributed by atoms with van der Waals surface area (Å²) in [5.41, 5.74) is 6.54. The third kappa shape index (κ3) is 2.26. The van der Waals surface area contributed by atoms with Crippen LogP contribution in [0.15, 0.2) is 48.7 Å². The van der Waals surface area contributed by atoms with Gasteiger partial charge in [-0.25, -0.2) is 9.37 Å². The van der Waals surface area contributed by atoms with E-state index in [9.17, 15) is 4.39 Å². The van der Waals surface area contributed by atoms with Gasteiger partial charge < -0.3 is 10.5 Å². The molecule has 0 bridgehead atoms. The van der Waals surface area contributed by atoms with E-state index < -0.39 is 5.82 Å². The fraction of sp³-hybridized carbons (Fsp3) is 0. The molecule has 0 saturated carbocycles. The molecule has 0 radical (unpaired) electrons. The van der Waals surface area contributed by atoms with Crippen LogP contribution >= 0.6 is 11.6 Å². The maximum atomic E-state index is 13.7. The molecular weight excluding hydrogens is 279 g/mol. The third-order valence-electron chi connectivity index (χ3n) is 2.90. The molecule has 0 aliphatic rings. The quantitative estimate of drug-likeness (QED) is 0.711. The van der Waals surface area contributed by atoms with E-state index in [1.54, 1.807) is 12.1 Å². The number of halogens is 2. The van der Waals surface area contributed by atoms with E-state index in [1.165, 1.54) is 6.20 Å². The van der Waals surface area contributed by atoms with Crippen LogP contribution in [-0.4, -0.2) is 4.98 Å².